The van der Waals surface area contributed by atoms with Crippen molar-refractivity contribution in [3.63, 3.8) is 0 Å². The zero-order chi connectivity index (χ0) is 67.5. The van der Waals surface area contributed by atoms with E-state index in [1.807, 2.05) is 0 Å². The molecule has 6 N–H and O–H groups in total. The number of aromatic hydroxyl groups is 1. The summed E-state index contributed by atoms with van der Waals surface area (Å²) in [5.74, 6) is -11.6. The van der Waals surface area contributed by atoms with Gasteiger partial charge < -0.3 is 63.9 Å². The van der Waals surface area contributed by atoms with E-state index in [4.69, 9.17) is 32.8 Å². The topological polar surface area (TPSA) is 344 Å². The maximum absolute atomic E-state index is 16.6. The third-order valence-electron chi connectivity index (χ3n) is 18.9. The smallest absolute Gasteiger partial charge is 0.338 e. The SMILES string of the molecule is CC(=O)O[C@H]1C(=O)[C@]2(C)[C@@H](OC(=O)[C@H](C)NC(=O)c3ccc(-c4c5ccc(=O)cc-5oc5cc(O)ccc45)c(C(=O)O)c3)C[C@H]3OCC3(OC(C)=O)[C@@H]2[C@@H](OC(=O)c2ccccc2)[C@]2(O)C[C@@H](OC(=O)[C@@H](O)[C@H](NC(=O)c3ccccc3)c3ccccc3)C(C)=C1C2(C)C. The van der Waals surface area contributed by atoms with E-state index in [0.717, 1.165) is 19.9 Å². The number of phenolic OH excluding ortho intramolecular Hbond substituents is 1. The Morgan fingerprint density at radius 3 is 1.96 bits per heavy atom. The van der Waals surface area contributed by atoms with Gasteiger partial charge in [-0.05, 0) is 104 Å². The summed E-state index contributed by atoms with van der Waals surface area (Å²) in [6, 6.07) is 32.4. The molecule has 2 bridgehead atoms. The number of carboxylic acids is 1. The van der Waals surface area contributed by atoms with Crippen LogP contribution >= 0.6 is 0 Å². The zero-order valence-electron chi connectivity index (χ0n) is 51.9. The number of nitrogens with one attached hydrogen (secondary N) is 2. The number of amides is 2. The van der Waals surface area contributed by atoms with Crippen LogP contribution in [0.3, 0.4) is 0 Å². The average Bonchev–Trinajstić information content (AvgIpc) is 0.668. The molecular weight excluding hydrogens is 1220 g/mol. The molecule has 2 heterocycles. The molecule has 12 atom stereocenters. The first kappa shape index (κ1) is 65.1. The number of carbonyl (C=O) groups excluding carboxylic acids is 8. The van der Waals surface area contributed by atoms with Gasteiger partial charge in [0.15, 0.2) is 29.0 Å². The molecule has 4 aliphatic carbocycles. The maximum atomic E-state index is 16.6. The molecular formula is C71H66N2O21. The molecule has 2 aliphatic heterocycles. The molecule has 5 aromatic carbocycles. The van der Waals surface area contributed by atoms with Crippen LogP contribution in [-0.2, 0) is 52.4 Å². The number of benzene rings is 6. The molecule has 1 unspecified atom stereocenters. The Labute approximate surface area is 536 Å². The fourth-order valence-electron chi connectivity index (χ4n) is 14.1. The molecule has 0 radical (unpaired) electrons. The van der Waals surface area contributed by atoms with Crippen LogP contribution in [0.15, 0.2) is 166 Å². The number of carbonyl (C=O) groups is 9. The van der Waals surface area contributed by atoms with Crippen LogP contribution in [0.25, 0.3) is 33.4 Å². The van der Waals surface area contributed by atoms with E-state index in [2.05, 4.69) is 10.6 Å². The number of Topliss-reactive ketones (excluding diaryl/α,β-unsaturated/α-hetero) is 1. The van der Waals surface area contributed by atoms with E-state index in [9.17, 15) is 63.6 Å². The van der Waals surface area contributed by atoms with Crippen molar-refractivity contribution in [1.29, 1.82) is 0 Å². The molecule has 2 saturated carbocycles. The monoisotopic (exact) mass is 1280 g/mol. The standard InChI is InChI=1S/C71H66N2O21/c1-35-51(91-67(86)57(78)56(39-17-11-8-12-18-39)73-62(80)40-19-13-9-14-20-40)33-71(87)61(93-66(85)41-21-15-10-16-22-41)59-69(7,60(79)58(89-37(3)74)55(35)68(71,5)6)52(32-53-70(59,34-88-53)94-38(4)75)92-65(84)36(2)72-63(81)42-23-26-45(48(29-42)64(82)83)54-46-27-24-43(76)30-49(46)90-50-31-44(77)25-28-47(50)54/h8-31,36,51-53,56-59,61,76,78,87H,32-34H2,1-7H3,(H,72,81)(H,73,80)(H,82,83)/t36-,51+,52-,53+,56+,57-,58+,59+,61+,69+,70?,71+/m0/s1. The van der Waals surface area contributed by atoms with Gasteiger partial charge in [0.2, 0.25) is 0 Å². The summed E-state index contributed by atoms with van der Waals surface area (Å²) >= 11 is 0. The molecule has 3 fully saturated rings. The Hall–Kier alpha value is -10.4. The number of hydrogen-bond acceptors (Lipinski definition) is 20. The Kier molecular flexibility index (Phi) is 17.3. The van der Waals surface area contributed by atoms with Crippen molar-refractivity contribution in [2.75, 3.05) is 6.61 Å². The quantitative estimate of drug-likeness (QED) is 0.0238. The fraction of sp³-hybridized carbons (Fsp3) is 0.324. The average molecular weight is 1280 g/mol. The second kappa shape index (κ2) is 24.9. The minimum Gasteiger partial charge on any atom is -0.508 e. The van der Waals surface area contributed by atoms with Gasteiger partial charge in [-0.25, -0.2) is 19.2 Å². The number of ketones is 1. The van der Waals surface area contributed by atoms with Gasteiger partial charge >= 0.3 is 35.8 Å². The van der Waals surface area contributed by atoms with Gasteiger partial charge in [0.1, 0.15) is 53.2 Å². The molecule has 0 aromatic heterocycles. The van der Waals surface area contributed by atoms with E-state index in [1.165, 1.54) is 120 Å². The van der Waals surface area contributed by atoms with Crippen molar-refractivity contribution in [1.82, 2.24) is 10.6 Å². The van der Waals surface area contributed by atoms with Crippen molar-refractivity contribution >= 4 is 64.4 Å². The molecule has 23 nitrogen and oxygen atoms in total. The summed E-state index contributed by atoms with van der Waals surface area (Å²) in [4.78, 5) is 142. The van der Waals surface area contributed by atoms with E-state index in [0.29, 0.717) is 22.1 Å². The molecule has 1 saturated heterocycles. The van der Waals surface area contributed by atoms with Gasteiger partial charge in [-0.3, -0.25) is 28.8 Å². The van der Waals surface area contributed by atoms with Gasteiger partial charge in [-0.2, -0.15) is 0 Å². The minimum absolute atomic E-state index is 0.0352. The molecule has 6 aliphatic rings. The molecule has 5 aromatic rings. The summed E-state index contributed by atoms with van der Waals surface area (Å²) in [5.41, 5.74) is -8.80. The molecule has 486 valence electrons. The van der Waals surface area contributed by atoms with E-state index in [1.54, 1.807) is 54.6 Å². The predicted octanol–water partition coefficient (Wildman–Crippen LogP) is 7.39. The number of phenols is 1. The lowest BCUT2D eigenvalue weighted by molar-refractivity contribution is -0.346. The van der Waals surface area contributed by atoms with Crippen molar-refractivity contribution in [3.05, 3.63) is 195 Å². The highest BCUT2D eigenvalue weighted by atomic mass is 16.6. The number of aromatic carboxylic acids is 1. The lowest BCUT2D eigenvalue weighted by Crippen LogP contribution is -2.82. The highest BCUT2D eigenvalue weighted by Crippen LogP contribution is 2.65. The summed E-state index contributed by atoms with van der Waals surface area (Å²) < 4.78 is 43.6. The second-order valence-corrected chi connectivity index (χ2v) is 24.8. The maximum Gasteiger partial charge on any atom is 0.338 e. The van der Waals surface area contributed by atoms with E-state index < -0.39 is 155 Å². The normalized spacial score (nSPS) is 25.2. The number of aliphatic hydroxyl groups excluding tert-OH is 1. The van der Waals surface area contributed by atoms with Gasteiger partial charge in [0.25, 0.3) is 11.8 Å². The van der Waals surface area contributed by atoms with Crippen LogP contribution in [0.2, 0.25) is 0 Å². The first-order chi connectivity index (χ1) is 44.6. The molecule has 23 heteroatoms. The first-order valence-electron chi connectivity index (χ1n) is 30.2. The Morgan fingerprint density at radius 2 is 1.33 bits per heavy atom. The fourth-order valence-corrected chi connectivity index (χ4v) is 14.1. The Morgan fingerprint density at radius 1 is 0.691 bits per heavy atom. The number of aliphatic hydroxyl groups is 2. The number of rotatable bonds is 16. The summed E-state index contributed by atoms with van der Waals surface area (Å²) in [5, 5.41) is 53.0. The van der Waals surface area contributed by atoms with Gasteiger partial charge in [-0.15, -0.1) is 0 Å². The van der Waals surface area contributed by atoms with Crippen LogP contribution in [0.4, 0.5) is 0 Å². The van der Waals surface area contributed by atoms with Crippen molar-refractivity contribution in [2.45, 2.75) is 121 Å². The largest absolute Gasteiger partial charge is 0.508 e. The Balaban J connectivity index is 0.985. The molecule has 11 rings (SSSR count). The van der Waals surface area contributed by atoms with Crippen molar-refractivity contribution in [2.24, 2.45) is 16.7 Å². The molecule has 94 heavy (non-hydrogen) atoms. The number of esters is 5. The highest BCUT2D eigenvalue weighted by Gasteiger charge is 2.79. The van der Waals surface area contributed by atoms with E-state index >= 15 is 4.79 Å². The van der Waals surface area contributed by atoms with Crippen LogP contribution in [-0.4, -0.2) is 134 Å². The summed E-state index contributed by atoms with van der Waals surface area (Å²) in [7, 11) is 0. The molecule has 0 spiro atoms. The van der Waals surface area contributed by atoms with Crippen LogP contribution in [0.5, 0.6) is 5.75 Å². The minimum atomic E-state index is -2.63. The number of fused-ring (bicyclic) bond motifs is 7. The van der Waals surface area contributed by atoms with Crippen LogP contribution in [0, 0.1) is 16.7 Å². The third-order valence-corrected chi connectivity index (χ3v) is 18.9. The lowest BCUT2D eigenvalue weighted by atomic mass is 9.44. The van der Waals surface area contributed by atoms with E-state index in [-0.39, 0.29) is 56.1 Å². The highest BCUT2D eigenvalue weighted by molar-refractivity contribution is 6.09. The Bertz CT molecular complexity index is 4300. The number of hydrogen-bond donors (Lipinski definition) is 6. The van der Waals surface area contributed by atoms with Crippen molar-refractivity contribution < 1.29 is 96.4 Å². The van der Waals surface area contributed by atoms with Crippen molar-refractivity contribution in [3.8, 4) is 28.2 Å². The van der Waals surface area contributed by atoms with Gasteiger partial charge in [-0.1, -0.05) is 86.6 Å². The van der Waals surface area contributed by atoms with Gasteiger partial charge in [0.05, 0.1) is 35.1 Å². The van der Waals surface area contributed by atoms with Crippen LogP contribution < -0.4 is 16.1 Å². The third kappa shape index (κ3) is 11.4. The second-order valence-electron chi connectivity index (χ2n) is 24.8. The predicted molar refractivity (Wildman–Crippen MR) is 332 cm³/mol. The lowest BCUT2D eigenvalue weighted by Gasteiger charge is -2.67. The zero-order valence-corrected chi connectivity index (χ0v) is 51.9. The number of ether oxygens (including phenoxy) is 6. The summed E-state index contributed by atoms with van der Waals surface area (Å²) in [6.07, 6.45) is -12.2. The van der Waals surface area contributed by atoms with Gasteiger partial charge in [0, 0.05) is 71.9 Å². The number of carboxylic acid groups (broad SMARTS) is 1. The van der Waals surface area contributed by atoms with Crippen LogP contribution in [0.1, 0.15) is 114 Å². The molecule has 2 amide bonds. The first-order valence-corrected chi connectivity index (χ1v) is 30.2. The summed E-state index contributed by atoms with van der Waals surface area (Å²) in [6.45, 7) is 8.59.